The number of nitrogens with two attached hydrogens (primary N) is 1. The molecule has 1 aromatic rings. The van der Waals surface area contributed by atoms with Crippen molar-refractivity contribution in [2.45, 2.75) is 65.3 Å². The van der Waals surface area contributed by atoms with Crippen LogP contribution in [0.25, 0.3) is 0 Å². The Kier molecular flexibility index (Phi) is 5.26. The second kappa shape index (κ2) is 6.78. The lowest BCUT2D eigenvalue weighted by Gasteiger charge is -2.40. The van der Waals surface area contributed by atoms with Crippen molar-refractivity contribution >= 4 is 0 Å². The van der Waals surface area contributed by atoms with Crippen molar-refractivity contribution in [1.29, 1.82) is 0 Å². The number of rotatable bonds is 4. The highest BCUT2D eigenvalue weighted by Gasteiger charge is 2.35. The summed E-state index contributed by atoms with van der Waals surface area (Å²) < 4.78 is 5.71. The Morgan fingerprint density at radius 3 is 2.71 bits per heavy atom. The first-order chi connectivity index (χ1) is 9.91. The third-order valence-corrected chi connectivity index (χ3v) is 4.76. The van der Waals surface area contributed by atoms with E-state index >= 15 is 0 Å². The lowest BCUT2D eigenvalue weighted by molar-refractivity contribution is 0.153. The van der Waals surface area contributed by atoms with Gasteiger partial charge in [-0.1, -0.05) is 27.7 Å². The molecule has 0 spiro atoms. The van der Waals surface area contributed by atoms with Crippen LogP contribution in [0.3, 0.4) is 0 Å². The van der Waals surface area contributed by atoms with Gasteiger partial charge >= 0.3 is 0 Å². The zero-order chi connectivity index (χ0) is 15.5. The number of hydrogen-bond donors (Lipinski definition) is 1. The van der Waals surface area contributed by atoms with E-state index in [1.54, 1.807) is 6.20 Å². The second-order valence-corrected chi connectivity index (χ2v) is 7.45. The topological polar surface area (TPSA) is 48.1 Å². The van der Waals surface area contributed by atoms with Gasteiger partial charge in [0.15, 0.2) is 0 Å². The Hall–Kier alpha value is -1.09. The van der Waals surface area contributed by atoms with Crippen LogP contribution in [-0.2, 0) is 0 Å². The molecule has 2 N–H and O–H groups in total. The number of aromatic nitrogens is 1. The first-order valence-corrected chi connectivity index (χ1v) is 8.25. The molecule has 0 aromatic carbocycles. The molecule has 1 aliphatic carbocycles. The lowest BCUT2D eigenvalue weighted by Crippen LogP contribution is -2.38. The Balaban J connectivity index is 2.14. The molecule has 118 valence electrons. The monoisotopic (exact) mass is 290 g/mol. The Morgan fingerprint density at radius 2 is 2.05 bits per heavy atom. The van der Waals surface area contributed by atoms with E-state index in [1.165, 1.54) is 12.0 Å². The molecule has 2 rings (SSSR count). The van der Waals surface area contributed by atoms with E-state index < -0.39 is 0 Å². The lowest BCUT2D eigenvalue weighted by atomic mass is 9.66. The normalized spacial score (nSPS) is 26.6. The minimum absolute atomic E-state index is 0.242. The van der Waals surface area contributed by atoms with E-state index in [-0.39, 0.29) is 6.04 Å². The van der Waals surface area contributed by atoms with Gasteiger partial charge in [-0.2, -0.15) is 0 Å². The first kappa shape index (κ1) is 16.3. The van der Waals surface area contributed by atoms with Crippen molar-refractivity contribution in [2.75, 3.05) is 6.61 Å². The molecule has 21 heavy (non-hydrogen) atoms. The van der Waals surface area contributed by atoms with Crippen LogP contribution in [0.15, 0.2) is 18.5 Å². The van der Waals surface area contributed by atoms with Gasteiger partial charge in [-0.15, -0.1) is 0 Å². The predicted molar refractivity (Wildman–Crippen MR) is 87.5 cm³/mol. The summed E-state index contributed by atoms with van der Waals surface area (Å²) >= 11 is 0. The first-order valence-electron chi connectivity index (χ1n) is 8.25. The second-order valence-electron chi connectivity index (χ2n) is 7.45. The van der Waals surface area contributed by atoms with Crippen molar-refractivity contribution < 1.29 is 4.74 Å². The highest BCUT2D eigenvalue weighted by Crippen LogP contribution is 2.43. The average molecular weight is 290 g/mol. The van der Waals surface area contributed by atoms with Gasteiger partial charge in [0.2, 0.25) is 0 Å². The summed E-state index contributed by atoms with van der Waals surface area (Å²) in [5, 5.41) is 0. The molecule has 0 aliphatic heterocycles. The largest absolute Gasteiger partial charge is 0.492 e. The fourth-order valence-electron chi connectivity index (χ4n) is 3.30. The SMILES string of the molecule is CCCOc1cncc(C2CC(C(C)(C)C)CCC2N)c1. The van der Waals surface area contributed by atoms with Crippen molar-refractivity contribution in [2.24, 2.45) is 17.1 Å². The Bertz CT molecular complexity index is 453. The smallest absolute Gasteiger partial charge is 0.137 e. The van der Waals surface area contributed by atoms with E-state index in [2.05, 4.69) is 38.7 Å². The molecule has 1 saturated carbocycles. The summed E-state index contributed by atoms with van der Waals surface area (Å²) in [5.41, 5.74) is 7.99. The zero-order valence-corrected chi connectivity index (χ0v) is 13.9. The van der Waals surface area contributed by atoms with Crippen LogP contribution in [0.4, 0.5) is 0 Å². The maximum Gasteiger partial charge on any atom is 0.137 e. The molecule has 1 aromatic heterocycles. The van der Waals surface area contributed by atoms with Crippen molar-refractivity contribution in [3.05, 3.63) is 24.0 Å². The van der Waals surface area contributed by atoms with Crippen LogP contribution < -0.4 is 10.5 Å². The number of ether oxygens (including phenoxy) is 1. The molecular weight excluding hydrogens is 260 g/mol. The van der Waals surface area contributed by atoms with Gasteiger partial charge in [0.25, 0.3) is 0 Å². The van der Waals surface area contributed by atoms with Gasteiger partial charge in [0.05, 0.1) is 12.8 Å². The van der Waals surface area contributed by atoms with Crippen LogP contribution in [0, 0.1) is 11.3 Å². The summed E-state index contributed by atoms with van der Waals surface area (Å²) in [7, 11) is 0. The minimum atomic E-state index is 0.242. The Morgan fingerprint density at radius 1 is 1.29 bits per heavy atom. The molecule has 0 amide bonds. The molecule has 3 heteroatoms. The summed E-state index contributed by atoms with van der Waals surface area (Å²) in [4.78, 5) is 4.35. The van der Waals surface area contributed by atoms with E-state index in [9.17, 15) is 0 Å². The Labute approximate surface area is 129 Å². The maximum atomic E-state index is 6.40. The highest BCUT2D eigenvalue weighted by atomic mass is 16.5. The molecule has 0 bridgehead atoms. The molecular formula is C18H30N2O. The fraction of sp³-hybridized carbons (Fsp3) is 0.722. The summed E-state index contributed by atoms with van der Waals surface area (Å²) in [5.74, 6) is 2.00. The van der Waals surface area contributed by atoms with Crippen LogP contribution in [0.1, 0.15) is 64.9 Å². The number of hydrogen-bond acceptors (Lipinski definition) is 3. The zero-order valence-electron chi connectivity index (χ0n) is 13.9. The fourth-order valence-corrected chi connectivity index (χ4v) is 3.30. The molecule has 1 fully saturated rings. The number of nitrogens with zero attached hydrogens (tertiary/aromatic N) is 1. The third-order valence-electron chi connectivity index (χ3n) is 4.76. The van der Waals surface area contributed by atoms with Crippen molar-refractivity contribution in [1.82, 2.24) is 4.98 Å². The third kappa shape index (κ3) is 4.19. The standard InChI is InChI=1S/C18H30N2O/c1-5-8-21-15-9-13(11-20-12-15)16-10-14(18(2,3)4)6-7-17(16)19/h9,11-12,14,16-17H,5-8,10,19H2,1-4H3. The molecule has 0 saturated heterocycles. The summed E-state index contributed by atoms with van der Waals surface area (Å²) in [6.07, 6.45) is 8.28. The van der Waals surface area contributed by atoms with E-state index in [4.69, 9.17) is 10.5 Å². The van der Waals surface area contributed by atoms with Gasteiger partial charge in [0.1, 0.15) is 5.75 Å². The number of pyridine rings is 1. The molecule has 0 radical (unpaired) electrons. The molecule has 3 unspecified atom stereocenters. The van der Waals surface area contributed by atoms with E-state index in [0.717, 1.165) is 37.5 Å². The van der Waals surface area contributed by atoms with E-state index in [1.807, 2.05) is 6.20 Å². The van der Waals surface area contributed by atoms with Crippen LogP contribution in [0.2, 0.25) is 0 Å². The van der Waals surface area contributed by atoms with Crippen molar-refractivity contribution in [3.8, 4) is 5.75 Å². The van der Waals surface area contributed by atoms with E-state index in [0.29, 0.717) is 11.3 Å². The molecule has 1 aliphatic rings. The van der Waals surface area contributed by atoms with Gasteiger partial charge < -0.3 is 10.5 Å². The predicted octanol–water partition coefficient (Wildman–Crippen LogP) is 4.13. The molecule has 1 heterocycles. The van der Waals surface area contributed by atoms with Crippen LogP contribution >= 0.6 is 0 Å². The quantitative estimate of drug-likeness (QED) is 0.907. The minimum Gasteiger partial charge on any atom is -0.492 e. The van der Waals surface area contributed by atoms with Crippen LogP contribution in [-0.4, -0.2) is 17.6 Å². The average Bonchev–Trinajstić information content (AvgIpc) is 2.44. The molecule has 3 nitrogen and oxygen atoms in total. The van der Waals surface area contributed by atoms with Crippen LogP contribution in [0.5, 0.6) is 5.75 Å². The van der Waals surface area contributed by atoms with Gasteiger partial charge in [0, 0.05) is 18.2 Å². The summed E-state index contributed by atoms with van der Waals surface area (Å²) in [6, 6.07) is 2.38. The highest BCUT2D eigenvalue weighted by molar-refractivity contribution is 5.28. The molecule has 3 atom stereocenters. The van der Waals surface area contributed by atoms with Crippen molar-refractivity contribution in [3.63, 3.8) is 0 Å². The van der Waals surface area contributed by atoms with Gasteiger partial charge in [-0.25, -0.2) is 0 Å². The van der Waals surface area contributed by atoms with Gasteiger partial charge in [-0.3, -0.25) is 4.98 Å². The maximum absolute atomic E-state index is 6.40. The van der Waals surface area contributed by atoms with Gasteiger partial charge in [-0.05, 0) is 48.6 Å². The summed E-state index contributed by atoms with van der Waals surface area (Å²) in [6.45, 7) is 9.87.